The molecule has 0 saturated carbocycles. The molecule has 0 N–H and O–H groups in total. The zero-order chi connectivity index (χ0) is 4.28. The van der Waals surface area contributed by atoms with Crippen LogP contribution < -0.4 is 0 Å². The van der Waals surface area contributed by atoms with Gasteiger partial charge in [0.1, 0.15) is 0 Å². The van der Waals surface area contributed by atoms with E-state index < -0.39 is 0 Å². The highest BCUT2D eigenvalue weighted by Crippen LogP contribution is 2.10. The molecule has 0 aliphatic heterocycles. The Morgan fingerprint density at radius 1 is 1.80 bits per heavy atom. The topological polar surface area (TPSA) is 0 Å². The Bertz CT molecular complexity index is 20.9. The monoisotopic (exact) mass is 108 g/mol. The van der Waals surface area contributed by atoms with Gasteiger partial charge in [0.25, 0.3) is 0 Å². The quantitative estimate of drug-likeness (QED) is 0.459. The molecule has 0 aliphatic rings. The van der Waals surface area contributed by atoms with Gasteiger partial charge in [-0.2, -0.15) is 11.8 Å². The molecule has 0 radical (unpaired) electrons. The summed E-state index contributed by atoms with van der Waals surface area (Å²) in [5.74, 6) is 0. The molecule has 2 heteroatoms. The van der Waals surface area contributed by atoms with Gasteiger partial charge >= 0.3 is 0 Å². The fraction of sp³-hybridized carbons (Fsp3) is 1.00. The van der Waals surface area contributed by atoms with E-state index in [0.717, 1.165) is 4.99 Å². The summed E-state index contributed by atoms with van der Waals surface area (Å²) >= 11 is 1.84. The molecule has 2 atom stereocenters. The minimum Gasteiger partial charge on any atom is -0.158 e. The number of hydrogen-bond acceptors (Lipinski definition) is 1. The van der Waals surface area contributed by atoms with Gasteiger partial charge in [-0.3, -0.25) is 0 Å². The molecule has 0 aromatic carbocycles. The van der Waals surface area contributed by atoms with Gasteiger partial charge < -0.3 is 0 Å². The number of hydrogen-bond donors (Lipinski definition) is 0. The predicted molar refractivity (Wildman–Crippen MR) is 32.7 cm³/mol. The lowest BCUT2D eigenvalue weighted by molar-refractivity contribution is 1.43. The first-order chi connectivity index (χ1) is 2.27. The summed E-state index contributed by atoms with van der Waals surface area (Å²) in [6.07, 6.45) is 2.09. The third-order valence-corrected chi connectivity index (χ3v) is 1.93. The standard InChI is InChI=1S/C3H9PS/c1-3(4)5-2/h3H,4H2,1-2H3/t3-/m0/s1. The first-order valence-electron chi connectivity index (χ1n) is 1.55. The Morgan fingerprint density at radius 2 is 2.00 bits per heavy atom. The Kier molecular flexibility index (Phi) is 3.46. The molecule has 5 heavy (non-hydrogen) atoms. The van der Waals surface area contributed by atoms with Crippen LogP contribution in [0.4, 0.5) is 0 Å². The van der Waals surface area contributed by atoms with Crippen LogP contribution in [0, 0.1) is 0 Å². The van der Waals surface area contributed by atoms with Crippen LogP contribution >= 0.6 is 21.0 Å². The van der Waals surface area contributed by atoms with Gasteiger partial charge in [-0.15, -0.1) is 9.24 Å². The predicted octanol–water partition coefficient (Wildman–Crippen LogP) is 1.57. The molecule has 0 aliphatic carbocycles. The molecule has 0 nitrogen and oxygen atoms in total. The van der Waals surface area contributed by atoms with E-state index in [1.165, 1.54) is 0 Å². The van der Waals surface area contributed by atoms with Crippen molar-refractivity contribution in [2.75, 3.05) is 6.26 Å². The van der Waals surface area contributed by atoms with Crippen LogP contribution in [0.5, 0.6) is 0 Å². The normalized spacial score (nSPS) is 15.0. The van der Waals surface area contributed by atoms with Crippen molar-refractivity contribution in [3.63, 3.8) is 0 Å². The minimum atomic E-state index is 0.718. The third kappa shape index (κ3) is 4.78. The van der Waals surface area contributed by atoms with Crippen LogP contribution in [-0.4, -0.2) is 11.2 Å². The second kappa shape index (κ2) is 2.99. The van der Waals surface area contributed by atoms with Crippen molar-refractivity contribution in [1.82, 2.24) is 0 Å². The second-order valence-corrected chi connectivity index (χ2v) is 3.64. The summed E-state index contributed by atoms with van der Waals surface area (Å²) in [5.41, 5.74) is 0. The SMILES string of the molecule is CS[C@@H](C)P. The zero-order valence-electron chi connectivity index (χ0n) is 3.56. The molecule has 0 amide bonds. The van der Waals surface area contributed by atoms with Crippen molar-refractivity contribution >= 4 is 21.0 Å². The Labute approximate surface area is 39.9 Å². The Hall–Kier alpha value is 0.780. The molecule has 0 saturated heterocycles. The lowest BCUT2D eigenvalue weighted by Crippen LogP contribution is -1.72. The molecular weight excluding hydrogens is 99.1 g/mol. The zero-order valence-corrected chi connectivity index (χ0v) is 5.53. The molecule has 0 spiro atoms. The van der Waals surface area contributed by atoms with Crippen molar-refractivity contribution in [3.8, 4) is 0 Å². The molecular formula is C3H9PS. The van der Waals surface area contributed by atoms with Crippen LogP contribution in [0.1, 0.15) is 6.92 Å². The lowest BCUT2D eigenvalue weighted by atomic mass is 11.0. The van der Waals surface area contributed by atoms with Crippen LogP contribution in [0.25, 0.3) is 0 Å². The molecule has 0 aromatic rings. The third-order valence-electron chi connectivity index (χ3n) is 0.372. The summed E-state index contributed by atoms with van der Waals surface area (Å²) in [6.45, 7) is 2.15. The Balaban J connectivity index is 2.54. The summed E-state index contributed by atoms with van der Waals surface area (Å²) in [4.78, 5) is 0.718. The molecule has 32 valence electrons. The molecule has 1 unspecified atom stereocenters. The van der Waals surface area contributed by atoms with Crippen molar-refractivity contribution in [1.29, 1.82) is 0 Å². The summed E-state index contributed by atoms with van der Waals surface area (Å²) in [7, 11) is 2.70. The summed E-state index contributed by atoms with van der Waals surface area (Å²) in [5, 5.41) is 0. The van der Waals surface area contributed by atoms with Gasteiger partial charge in [0.15, 0.2) is 0 Å². The van der Waals surface area contributed by atoms with Crippen LogP contribution in [0.3, 0.4) is 0 Å². The van der Waals surface area contributed by atoms with E-state index in [9.17, 15) is 0 Å². The van der Waals surface area contributed by atoms with E-state index in [1.54, 1.807) is 0 Å². The molecule has 0 bridgehead atoms. The van der Waals surface area contributed by atoms with Crippen LogP contribution in [-0.2, 0) is 0 Å². The van der Waals surface area contributed by atoms with E-state index >= 15 is 0 Å². The maximum Gasteiger partial charge on any atom is 0.0159 e. The average Bonchev–Trinajstić information content (AvgIpc) is 1.38. The first kappa shape index (κ1) is 5.78. The molecule has 0 fully saturated rings. The van der Waals surface area contributed by atoms with Gasteiger partial charge in [0, 0.05) is 4.99 Å². The summed E-state index contributed by atoms with van der Waals surface area (Å²) in [6, 6.07) is 0. The van der Waals surface area contributed by atoms with Crippen LogP contribution in [0.2, 0.25) is 0 Å². The molecule has 0 rings (SSSR count). The highest BCUT2D eigenvalue weighted by atomic mass is 32.2. The van der Waals surface area contributed by atoms with Crippen molar-refractivity contribution in [2.24, 2.45) is 0 Å². The number of rotatable bonds is 1. The van der Waals surface area contributed by atoms with Gasteiger partial charge in [0.2, 0.25) is 0 Å². The van der Waals surface area contributed by atoms with E-state index in [-0.39, 0.29) is 0 Å². The van der Waals surface area contributed by atoms with Crippen LogP contribution in [0.15, 0.2) is 0 Å². The molecule has 0 heterocycles. The fourth-order valence-electron chi connectivity index (χ4n) is 0. The van der Waals surface area contributed by atoms with E-state index in [0.29, 0.717) is 0 Å². The highest BCUT2D eigenvalue weighted by molar-refractivity contribution is 8.02. The fourth-order valence-corrected chi connectivity index (χ4v) is 0. The lowest BCUT2D eigenvalue weighted by Gasteiger charge is -1.90. The van der Waals surface area contributed by atoms with E-state index in [4.69, 9.17) is 0 Å². The maximum atomic E-state index is 2.70. The molecule has 0 aromatic heterocycles. The van der Waals surface area contributed by atoms with Crippen molar-refractivity contribution in [2.45, 2.75) is 11.9 Å². The van der Waals surface area contributed by atoms with Crippen molar-refractivity contribution < 1.29 is 0 Å². The largest absolute Gasteiger partial charge is 0.158 e. The Morgan fingerprint density at radius 3 is 2.00 bits per heavy atom. The van der Waals surface area contributed by atoms with E-state index in [2.05, 4.69) is 22.4 Å². The summed E-state index contributed by atoms with van der Waals surface area (Å²) < 4.78 is 0. The van der Waals surface area contributed by atoms with E-state index in [1.807, 2.05) is 11.8 Å². The van der Waals surface area contributed by atoms with Gasteiger partial charge in [-0.05, 0) is 13.2 Å². The van der Waals surface area contributed by atoms with Gasteiger partial charge in [-0.1, -0.05) is 0 Å². The smallest absolute Gasteiger partial charge is 0.0159 e. The van der Waals surface area contributed by atoms with Gasteiger partial charge in [0.05, 0.1) is 0 Å². The average molecular weight is 108 g/mol. The first-order valence-corrected chi connectivity index (χ1v) is 3.51. The maximum absolute atomic E-state index is 2.70. The van der Waals surface area contributed by atoms with Crippen molar-refractivity contribution in [3.05, 3.63) is 0 Å². The number of thioether (sulfide) groups is 1. The minimum absolute atomic E-state index is 0.718. The van der Waals surface area contributed by atoms with Gasteiger partial charge in [-0.25, -0.2) is 0 Å². The highest BCUT2D eigenvalue weighted by Gasteiger charge is 1.80. The second-order valence-electron chi connectivity index (χ2n) is 0.941.